The van der Waals surface area contributed by atoms with Gasteiger partial charge in [0.05, 0.1) is 16.5 Å². The van der Waals surface area contributed by atoms with Crippen LogP contribution in [0.15, 0.2) is 18.2 Å². The number of thiazole rings is 1. The molecule has 0 spiro atoms. The van der Waals surface area contributed by atoms with Gasteiger partial charge in [-0.2, -0.15) is 0 Å². The van der Waals surface area contributed by atoms with E-state index in [4.69, 9.17) is 0 Å². The zero-order chi connectivity index (χ0) is 20.9. The molecule has 2 aliphatic rings. The molecule has 1 N–H and O–H groups in total. The van der Waals surface area contributed by atoms with E-state index in [1.165, 1.54) is 11.3 Å². The molecule has 2 amide bonds. The van der Waals surface area contributed by atoms with Crippen molar-refractivity contribution < 1.29 is 14.4 Å². The maximum Gasteiger partial charge on any atom is 0.231 e. The Labute approximate surface area is 174 Å². The maximum absolute atomic E-state index is 12.8. The number of nitrogens with one attached hydrogen (secondary N) is 1. The lowest BCUT2D eigenvalue weighted by atomic mass is 9.78. The number of Topliss-reactive ketones (excluding diaryl/α,β-unsaturated/α-hetero) is 1. The fourth-order valence-corrected chi connectivity index (χ4v) is 5.05. The van der Waals surface area contributed by atoms with Gasteiger partial charge in [-0.3, -0.25) is 14.4 Å². The molecule has 0 unspecified atom stereocenters. The average molecular weight is 412 g/mol. The Kier molecular flexibility index (Phi) is 4.81. The Morgan fingerprint density at radius 1 is 1.24 bits per heavy atom. The fourth-order valence-electron chi connectivity index (χ4n) is 4.13. The van der Waals surface area contributed by atoms with E-state index in [1.54, 1.807) is 4.90 Å². The summed E-state index contributed by atoms with van der Waals surface area (Å²) >= 11 is 1.24. The Bertz CT molecular complexity index is 1020. The summed E-state index contributed by atoms with van der Waals surface area (Å²) in [5.41, 5.74) is 3.69. The van der Waals surface area contributed by atoms with E-state index in [0.29, 0.717) is 23.0 Å². The standard InChI is InChI=1S/C22H25N3O3S/c1-12-6-5-7-16(13(12)2)25-11-14(8-18(25)27)20(28)24-21-23-15-9-22(3,4)10-17(26)19(15)29-21/h5-7,14H,8-11H2,1-4H3,(H,23,24,28)/t14-/m0/s1. The van der Waals surface area contributed by atoms with Crippen LogP contribution in [0.1, 0.15) is 53.2 Å². The van der Waals surface area contributed by atoms with Gasteiger partial charge in [-0.25, -0.2) is 4.98 Å². The summed E-state index contributed by atoms with van der Waals surface area (Å²) in [6.45, 7) is 8.46. The lowest BCUT2D eigenvalue weighted by Crippen LogP contribution is -2.28. The monoisotopic (exact) mass is 411 g/mol. The van der Waals surface area contributed by atoms with Gasteiger partial charge in [0.15, 0.2) is 10.9 Å². The Morgan fingerprint density at radius 3 is 2.76 bits per heavy atom. The SMILES string of the molecule is Cc1cccc(N2C[C@@H](C(=O)Nc3nc4c(s3)C(=O)CC(C)(C)C4)CC2=O)c1C. The second-order valence-corrected chi connectivity index (χ2v) is 9.85. The highest BCUT2D eigenvalue weighted by Gasteiger charge is 2.37. The van der Waals surface area contributed by atoms with Gasteiger partial charge in [-0.05, 0) is 42.9 Å². The minimum atomic E-state index is -0.435. The number of aryl methyl sites for hydroxylation is 1. The summed E-state index contributed by atoms with van der Waals surface area (Å²) in [6.07, 6.45) is 1.40. The van der Waals surface area contributed by atoms with Crippen LogP contribution in [0.5, 0.6) is 0 Å². The van der Waals surface area contributed by atoms with Crippen LogP contribution in [0, 0.1) is 25.2 Å². The number of carbonyl (C=O) groups excluding carboxylic acids is 3. The number of benzene rings is 1. The number of anilines is 2. The van der Waals surface area contributed by atoms with Gasteiger partial charge < -0.3 is 10.2 Å². The normalized spacial score (nSPS) is 20.7. The number of hydrogen-bond donors (Lipinski definition) is 1. The molecular weight excluding hydrogens is 386 g/mol. The van der Waals surface area contributed by atoms with E-state index in [9.17, 15) is 14.4 Å². The summed E-state index contributed by atoms with van der Waals surface area (Å²) in [5, 5.41) is 3.29. The molecule has 1 aromatic carbocycles. The van der Waals surface area contributed by atoms with Crippen LogP contribution in [0.4, 0.5) is 10.8 Å². The summed E-state index contributed by atoms with van der Waals surface area (Å²) in [7, 11) is 0. The first-order valence-corrected chi connectivity index (χ1v) is 10.7. The number of carbonyl (C=O) groups is 3. The van der Waals surface area contributed by atoms with Crippen molar-refractivity contribution in [1.29, 1.82) is 0 Å². The molecule has 0 radical (unpaired) electrons. The molecule has 1 fully saturated rings. The van der Waals surface area contributed by atoms with Gasteiger partial charge in [0.1, 0.15) is 0 Å². The maximum atomic E-state index is 12.8. The molecule has 2 heterocycles. The number of rotatable bonds is 3. The first-order chi connectivity index (χ1) is 13.6. The third-order valence-electron chi connectivity index (χ3n) is 5.83. The molecule has 1 aliphatic heterocycles. The molecule has 0 bridgehead atoms. The van der Waals surface area contributed by atoms with E-state index in [-0.39, 0.29) is 29.4 Å². The first kappa shape index (κ1) is 19.8. The van der Waals surface area contributed by atoms with Crippen LogP contribution in [-0.4, -0.2) is 29.1 Å². The summed E-state index contributed by atoms with van der Waals surface area (Å²) in [6, 6.07) is 5.86. The highest BCUT2D eigenvalue weighted by atomic mass is 32.1. The first-order valence-electron chi connectivity index (χ1n) is 9.85. The van der Waals surface area contributed by atoms with Crippen molar-refractivity contribution in [2.45, 2.75) is 47.0 Å². The van der Waals surface area contributed by atoms with Gasteiger partial charge in [-0.1, -0.05) is 37.3 Å². The van der Waals surface area contributed by atoms with E-state index in [2.05, 4.69) is 24.1 Å². The molecule has 29 heavy (non-hydrogen) atoms. The smallest absolute Gasteiger partial charge is 0.231 e. The second kappa shape index (κ2) is 7.06. The number of hydrogen-bond acceptors (Lipinski definition) is 5. The molecule has 2 aromatic rings. The number of fused-ring (bicyclic) bond motifs is 1. The van der Waals surface area contributed by atoms with Crippen molar-refractivity contribution in [3.05, 3.63) is 39.9 Å². The number of ketones is 1. The predicted octanol–water partition coefficient (Wildman–Crippen LogP) is 3.91. The topological polar surface area (TPSA) is 79.4 Å². The van der Waals surface area contributed by atoms with Crippen molar-refractivity contribution in [1.82, 2.24) is 4.98 Å². The zero-order valence-corrected chi connectivity index (χ0v) is 18.0. The molecule has 1 aromatic heterocycles. The third-order valence-corrected chi connectivity index (χ3v) is 6.88. The highest BCUT2D eigenvalue weighted by Crippen LogP contribution is 2.38. The Balaban J connectivity index is 1.48. The van der Waals surface area contributed by atoms with Crippen molar-refractivity contribution in [3.63, 3.8) is 0 Å². The Hall–Kier alpha value is -2.54. The molecule has 152 valence electrons. The van der Waals surface area contributed by atoms with Crippen molar-refractivity contribution in [2.24, 2.45) is 11.3 Å². The van der Waals surface area contributed by atoms with Gasteiger partial charge >= 0.3 is 0 Å². The predicted molar refractivity (Wildman–Crippen MR) is 114 cm³/mol. The minimum absolute atomic E-state index is 0.0470. The summed E-state index contributed by atoms with van der Waals surface area (Å²) in [4.78, 5) is 44.6. The van der Waals surface area contributed by atoms with Crippen LogP contribution in [-0.2, 0) is 16.0 Å². The zero-order valence-electron chi connectivity index (χ0n) is 17.2. The lowest BCUT2D eigenvalue weighted by molar-refractivity contribution is -0.122. The Morgan fingerprint density at radius 2 is 2.00 bits per heavy atom. The van der Waals surface area contributed by atoms with Gasteiger partial charge in [-0.15, -0.1) is 0 Å². The fraction of sp³-hybridized carbons (Fsp3) is 0.455. The highest BCUT2D eigenvalue weighted by molar-refractivity contribution is 7.17. The molecule has 1 aliphatic carbocycles. The van der Waals surface area contributed by atoms with Crippen molar-refractivity contribution in [2.75, 3.05) is 16.8 Å². The van der Waals surface area contributed by atoms with Crippen LogP contribution < -0.4 is 10.2 Å². The van der Waals surface area contributed by atoms with E-state index in [0.717, 1.165) is 28.9 Å². The van der Waals surface area contributed by atoms with Crippen LogP contribution in [0.25, 0.3) is 0 Å². The third kappa shape index (κ3) is 3.71. The lowest BCUT2D eigenvalue weighted by Gasteiger charge is -2.26. The van der Waals surface area contributed by atoms with Crippen LogP contribution in [0.3, 0.4) is 0 Å². The van der Waals surface area contributed by atoms with Crippen molar-refractivity contribution >= 4 is 39.8 Å². The van der Waals surface area contributed by atoms with E-state index >= 15 is 0 Å². The number of amides is 2. The molecule has 1 saturated heterocycles. The molecule has 7 heteroatoms. The van der Waals surface area contributed by atoms with E-state index < -0.39 is 5.92 Å². The quantitative estimate of drug-likeness (QED) is 0.831. The summed E-state index contributed by atoms with van der Waals surface area (Å²) in [5.74, 6) is -0.611. The second-order valence-electron chi connectivity index (χ2n) is 8.85. The van der Waals surface area contributed by atoms with Crippen molar-refractivity contribution in [3.8, 4) is 0 Å². The molecule has 4 rings (SSSR count). The van der Waals surface area contributed by atoms with Crippen LogP contribution in [0.2, 0.25) is 0 Å². The minimum Gasteiger partial charge on any atom is -0.311 e. The van der Waals surface area contributed by atoms with E-state index in [1.807, 2.05) is 32.0 Å². The molecule has 0 saturated carbocycles. The van der Waals surface area contributed by atoms with Gasteiger partial charge in [0.2, 0.25) is 11.8 Å². The average Bonchev–Trinajstić information content (AvgIpc) is 3.20. The molecule has 6 nitrogen and oxygen atoms in total. The largest absolute Gasteiger partial charge is 0.311 e. The molecule has 1 atom stereocenters. The van der Waals surface area contributed by atoms with Gasteiger partial charge in [0, 0.05) is 25.1 Å². The van der Waals surface area contributed by atoms with Crippen LogP contribution >= 0.6 is 11.3 Å². The van der Waals surface area contributed by atoms with Gasteiger partial charge in [0.25, 0.3) is 0 Å². The number of aromatic nitrogens is 1. The molecular formula is C22H25N3O3S. The summed E-state index contributed by atoms with van der Waals surface area (Å²) < 4.78 is 0. The number of nitrogens with zero attached hydrogens (tertiary/aromatic N) is 2.